The second-order valence-corrected chi connectivity index (χ2v) is 9.34. The summed E-state index contributed by atoms with van der Waals surface area (Å²) in [6.07, 6.45) is 3.55. The van der Waals surface area contributed by atoms with Crippen LogP contribution in [0.2, 0.25) is 0 Å². The van der Waals surface area contributed by atoms with Gasteiger partial charge in [0.15, 0.2) is 0 Å². The molecule has 0 aliphatic carbocycles. The molecule has 3 rings (SSSR count). The maximum Gasteiger partial charge on any atom is 0.271 e. The first-order chi connectivity index (χ1) is 12.0. The van der Waals surface area contributed by atoms with Gasteiger partial charge in [0.05, 0.1) is 12.1 Å². The third-order valence-electron chi connectivity index (χ3n) is 4.33. The lowest BCUT2D eigenvalue weighted by Gasteiger charge is -2.26. The Bertz CT molecular complexity index is 853. The summed E-state index contributed by atoms with van der Waals surface area (Å²) in [6, 6.07) is 10.6. The highest BCUT2D eigenvalue weighted by molar-refractivity contribution is 7.94. The number of nitrogens with one attached hydrogen (secondary N) is 1. The molecule has 134 valence electrons. The molecule has 1 N–H and O–H groups in total. The van der Waals surface area contributed by atoms with E-state index in [9.17, 15) is 13.2 Å². The van der Waals surface area contributed by atoms with Crippen LogP contribution in [0.1, 0.15) is 29.7 Å². The fourth-order valence-corrected chi connectivity index (χ4v) is 5.36. The summed E-state index contributed by atoms with van der Waals surface area (Å²) in [5.74, 6) is 0.0809. The van der Waals surface area contributed by atoms with E-state index in [1.807, 2.05) is 24.0 Å². The van der Waals surface area contributed by atoms with Gasteiger partial charge in [-0.2, -0.15) is 0 Å². The van der Waals surface area contributed by atoms with Gasteiger partial charge in [-0.05, 0) is 49.9 Å². The molecule has 1 saturated heterocycles. The number of carbonyl (C=O) groups is 1. The number of anilines is 1. The third-order valence-corrected chi connectivity index (χ3v) is 7.27. The molecule has 0 spiro atoms. The number of carbonyl (C=O) groups excluding carboxylic acids is 1. The smallest absolute Gasteiger partial charge is 0.271 e. The Labute approximate surface area is 152 Å². The van der Waals surface area contributed by atoms with Gasteiger partial charge in [-0.15, -0.1) is 11.3 Å². The molecule has 1 aromatic carbocycles. The van der Waals surface area contributed by atoms with Crippen LogP contribution in [0.4, 0.5) is 5.69 Å². The van der Waals surface area contributed by atoms with E-state index in [1.54, 1.807) is 24.3 Å². The number of hydrogen-bond acceptors (Lipinski definition) is 4. The Kier molecular flexibility index (Phi) is 5.44. The van der Waals surface area contributed by atoms with Crippen molar-refractivity contribution < 1.29 is 13.2 Å². The monoisotopic (exact) mass is 378 g/mol. The Morgan fingerprint density at radius 1 is 1.12 bits per heavy atom. The van der Waals surface area contributed by atoms with Crippen molar-refractivity contribution in [3.05, 3.63) is 46.8 Å². The molecule has 0 saturated carbocycles. The lowest BCUT2D eigenvalue weighted by Crippen LogP contribution is -2.36. The van der Waals surface area contributed by atoms with E-state index < -0.39 is 10.0 Å². The quantitative estimate of drug-likeness (QED) is 0.867. The van der Waals surface area contributed by atoms with Gasteiger partial charge in [-0.3, -0.25) is 9.52 Å². The van der Waals surface area contributed by atoms with Crippen molar-refractivity contribution >= 4 is 33.0 Å². The largest absolute Gasteiger partial charge is 0.342 e. The number of sulfonamides is 1. The summed E-state index contributed by atoms with van der Waals surface area (Å²) in [4.78, 5) is 15.0. The van der Waals surface area contributed by atoms with Gasteiger partial charge in [0, 0.05) is 18.0 Å². The maximum atomic E-state index is 12.6. The van der Waals surface area contributed by atoms with E-state index in [1.165, 1.54) is 6.42 Å². The maximum absolute atomic E-state index is 12.6. The van der Waals surface area contributed by atoms with E-state index in [4.69, 9.17) is 0 Å². The fraction of sp³-hybridized carbons (Fsp3) is 0.389. The molecular formula is C18H22N2O3S2. The topological polar surface area (TPSA) is 66.5 Å². The minimum absolute atomic E-state index is 0.0809. The predicted octanol–water partition coefficient (Wildman–Crippen LogP) is 3.41. The Hall–Kier alpha value is -1.86. The normalized spacial score (nSPS) is 15.2. The van der Waals surface area contributed by atoms with Crippen LogP contribution in [0.3, 0.4) is 0 Å². The molecule has 7 heteroatoms. The minimum Gasteiger partial charge on any atom is -0.342 e. The average molecular weight is 379 g/mol. The zero-order valence-corrected chi connectivity index (χ0v) is 15.8. The molecule has 1 fully saturated rings. The number of para-hydroxylation sites is 1. The molecular weight excluding hydrogens is 356 g/mol. The van der Waals surface area contributed by atoms with Crippen LogP contribution in [0, 0.1) is 6.92 Å². The highest BCUT2D eigenvalue weighted by Crippen LogP contribution is 2.26. The SMILES string of the molecule is Cc1ccccc1NS(=O)(=O)c1ccc(CC(=O)N2CCCCC2)s1. The summed E-state index contributed by atoms with van der Waals surface area (Å²) in [5.41, 5.74) is 1.44. The molecule has 1 aromatic heterocycles. The lowest BCUT2D eigenvalue weighted by atomic mass is 10.1. The van der Waals surface area contributed by atoms with Crippen LogP contribution in [0.15, 0.2) is 40.6 Å². The van der Waals surface area contributed by atoms with E-state index >= 15 is 0 Å². The molecule has 25 heavy (non-hydrogen) atoms. The predicted molar refractivity (Wildman–Crippen MR) is 100 cm³/mol. The molecule has 2 heterocycles. The number of aryl methyl sites for hydroxylation is 1. The average Bonchev–Trinajstić information content (AvgIpc) is 3.07. The summed E-state index contributed by atoms with van der Waals surface area (Å²) in [6.45, 7) is 3.48. The zero-order chi connectivity index (χ0) is 17.9. The first-order valence-corrected chi connectivity index (χ1v) is 10.7. The summed E-state index contributed by atoms with van der Waals surface area (Å²) in [5, 5.41) is 0. The van der Waals surface area contributed by atoms with Gasteiger partial charge in [-0.25, -0.2) is 8.42 Å². The van der Waals surface area contributed by atoms with Crippen molar-refractivity contribution in [2.75, 3.05) is 17.8 Å². The number of rotatable bonds is 5. The number of amides is 1. The molecule has 5 nitrogen and oxygen atoms in total. The summed E-state index contributed by atoms with van der Waals surface area (Å²) >= 11 is 1.16. The molecule has 1 amide bonds. The number of nitrogens with zero attached hydrogens (tertiary/aromatic N) is 1. The first-order valence-electron chi connectivity index (χ1n) is 8.41. The van der Waals surface area contributed by atoms with Crippen LogP contribution in [-0.2, 0) is 21.2 Å². The van der Waals surface area contributed by atoms with Crippen LogP contribution < -0.4 is 4.72 Å². The zero-order valence-electron chi connectivity index (χ0n) is 14.2. The van der Waals surface area contributed by atoms with Crippen LogP contribution >= 0.6 is 11.3 Å². The van der Waals surface area contributed by atoms with Crippen LogP contribution in [0.5, 0.6) is 0 Å². The molecule has 0 radical (unpaired) electrons. The van der Waals surface area contributed by atoms with Crippen molar-refractivity contribution in [2.45, 2.75) is 36.8 Å². The Balaban J connectivity index is 1.69. The molecule has 2 aromatic rings. The van der Waals surface area contributed by atoms with Crippen LogP contribution in [-0.4, -0.2) is 32.3 Å². The highest BCUT2D eigenvalue weighted by Gasteiger charge is 2.21. The van der Waals surface area contributed by atoms with Gasteiger partial charge in [0.2, 0.25) is 5.91 Å². The minimum atomic E-state index is -3.63. The van der Waals surface area contributed by atoms with Gasteiger partial charge in [-0.1, -0.05) is 18.2 Å². The molecule has 0 bridgehead atoms. The van der Waals surface area contributed by atoms with E-state index in [-0.39, 0.29) is 16.5 Å². The Morgan fingerprint density at radius 2 is 1.84 bits per heavy atom. The van der Waals surface area contributed by atoms with E-state index in [0.29, 0.717) is 5.69 Å². The van der Waals surface area contributed by atoms with E-state index in [0.717, 1.165) is 47.7 Å². The van der Waals surface area contributed by atoms with E-state index in [2.05, 4.69) is 4.72 Å². The highest BCUT2D eigenvalue weighted by atomic mass is 32.2. The number of hydrogen-bond donors (Lipinski definition) is 1. The second kappa shape index (κ2) is 7.58. The van der Waals surface area contributed by atoms with Crippen LogP contribution in [0.25, 0.3) is 0 Å². The molecule has 1 aliphatic rings. The van der Waals surface area contributed by atoms with Crippen molar-refractivity contribution in [1.82, 2.24) is 4.90 Å². The van der Waals surface area contributed by atoms with Crippen molar-refractivity contribution in [3.8, 4) is 0 Å². The standard InChI is InChI=1S/C18H22N2O3S2/c1-14-7-3-4-8-16(14)19-25(22,23)18-10-9-15(24-18)13-17(21)20-11-5-2-6-12-20/h3-4,7-10,19H,2,5-6,11-13H2,1H3. The number of likely N-dealkylation sites (tertiary alicyclic amines) is 1. The third kappa shape index (κ3) is 4.41. The van der Waals surface area contributed by atoms with Gasteiger partial charge in [0.25, 0.3) is 10.0 Å². The molecule has 0 unspecified atom stereocenters. The lowest BCUT2D eigenvalue weighted by molar-refractivity contribution is -0.131. The summed E-state index contributed by atoms with van der Waals surface area (Å²) in [7, 11) is -3.63. The number of piperidine rings is 1. The van der Waals surface area contributed by atoms with Crippen molar-refractivity contribution in [1.29, 1.82) is 0 Å². The number of thiophene rings is 1. The second-order valence-electron chi connectivity index (χ2n) is 6.26. The fourth-order valence-electron chi connectivity index (χ4n) is 2.88. The molecule has 0 atom stereocenters. The van der Waals surface area contributed by atoms with Gasteiger partial charge in [0.1, 0.15) is 4.21 Å². The van der Waals surface area contributed by atoms with Crippen molar-refractivity contribution in [2.24, 2.45) is 0 Å². The Morgan fingerprint density at radius 3 is 2.56 bits per heavy atom. The van der Waals surface area contributed by atoms with Gasteiger partial charge < -0.3 is 4.90 Å². The summed E-state index contributed by atoms with van der Waals surface area (Å²) < 4.78 is 28.0. The molecule has 1 aliphatic heterocycles. The first kappa shape index (κ1) is 17.9. The van der Waals surface area contributed by atoms with Gasteiger partial charge >= 0.3 is 0 Å². The number of benzene rings is 1. The van der Waals surface area contributed by atoms with Crippen molar-refractivity contribution in [3.63, 3.8) is 0 Å².